The normalized spacial score (nSPS) is 16.0. The highest BCUT2D eigenvalue weighted by Gasteiger charge is 2.26. The van der Waals surface area contributed by atoms with Crippen LogP contribution in [0.5, 0.6) is 0 Å². The van der Waals surface area contributed by atoms with Gasteiger partial charge in [-0.05, 0) is 18.9 Å². The summed E-state index contributed by atoms with van der Waals surface area (Å²) in [5.74, 6) is 4.07. The molecule has 0 atom stereocenters. The fraction of sp³-hybridized carbons (Fsp3) is 0.417. The molecule has 0 bridgehead atoms. The summed E-state index contributed by atoms with van der Waals surface area (Å²) in [4.78, 5) is 23.1. The number of amides is 1. The molecule has 3 N–H and O–H groups in total. The van der Waals surface area contributed by atoms with E-state index in [1.165, 1.54) is 12.1 Å². The summed E-state index contributed by atoms with van der Waals surface area (Å²) in [5, 5.41) is 10.6. The number of carbonyl (C=O) groups excluding carboxylic acids is 1. The molecule has 7 nitrogen and oxygen atoms in total. The molecule has 0 aromatic heterocycles. The van der Waals surface area contributed by atoms with Crippen LogP contribution < -0.4 is 16.2 Å². The van der Waals surface area contributed by atoms with Crippen LogP contribution in [0.4, 0.5) is 15.8 Å². The number of nitro groups is 1. The second-order valence-electron chi connectivity index (χ2n) is 4.66. The molecular formula is C12H15FN4O3. The van der Waals surface area contributed by atoms with E-state index in [-0.39, 0.29) is 17.5 Å². The first-order chi connectivity index (χ1) is 9.52. The molecule has 0 radical (unpaired) electrons. The molecule has 0 unspecified atom stereocenters. The van der Waals surface area contributed by atoms with Gasteiger partial charge in [-0.2, -0.15) is 0 Å². The third kappa shape index (κ3) is 2.85. The molecule has 1 amide bonds. The van der Waals surface area contributed by atoms with Crippen LogP contribution in [0.15, 0.2) is 18.2 Å². The number of anilines is 1. The van der Waals surface area contributed by atoms with E-state index in [0.717, 1.165) is 6.07 Å². The molecule has 0 spiro atoms. The molecule has 20 heavy (non-hydrogen) atoms. The Hall–Kier alpha value is -2.22. The maximum Gasteiger partial charge on any atom is 0.272 e. The zero-order valence-corrected chi connectivity index (χ0v) is 10.7. The lowest BCUT2D eigenvalue weighted by atomic mass is 9.96. The van der Waals surface area contributed by atoms with Gasteiger partial charge in [-0.1, -0.05) is 0 Å². The molecule has 1 aromatic carbocycles. The van der Waals surface area contributed by atoms with Gasteiger partial charge in [-0.15, -0.1) is 0 Å². The number of rotatable bonds is 3. The minimum absolute atomic E-state index is 0.169. The minimum Gasteiger partial charge on any atom is -0.369 e. The van der Waals surface area contributed by atoms with Crippen molar-refractivity contribution in [3.8, 4) is 0 Å². The first-order valence-electron chi connectivity index (χ1n) is 6.22. The Morgan fingerprint density at radius 3 is 2.60 bits per heavy atom. The van der Waals surface area contributed by atoms with Gasteiger partial charge in [-0.3, -0.25) is 20.3 Å². The molecule has 108 valence electrons. The summed E-state index contributed by atoms with van der Waals surface area (Å²) >= 11 is 0. The molecular weight excluding hydrogens is 267 g/mol. The van der Waals surface area contributed by atoms with Crippen LogP contribution in [-0.2, 0) is 4.79 Å². The second-order valence-corrected chi connectivity index (χ2v) is 4.66. The Morgan fingerprint density at radius 2 is 2.10 bits per heavy atom. The number of benzene rings is 1. The Bertz CT molecular complexity index is 529. The van der Waals surface area contributed by atoms with Crippen molar-refractivity contribution in [2.75, 3.05) is 18.0 Å². The van der Waals surface area contributed by atoms with Crippen molar-refractivity contribution in [1.29, 1.82) is 0 Å². The van der Waals surface area contributed by atoms with Crippen molar-refractivity contribution in [2.45, 2.75) is 12.8 Å². The van der Waals surface area contributed by atoms with Crippen LogP contribution in [0, 0.1) is 21.8 Å². The molecule has 1 aliphatic heterocycles. The quantitative estimate of drug-likeness (QED) is 0.372. The van der Waals surface area contributed by atoms with Crippen molar-refractivity contribution >= 4 is 17.3 Å². The lowest BCUT2D eigenvalue weighted by Gasteiger charge is -2.32. The van der Waals surface area contributed by atoms with Gasteiger partial charge in [0.05, 0.1) is 16.7 Å². The highest BCUT2D eigenvalue weighted by molar-refractivity contribution is 5.78. The zero-order chi connectivity index (χ0) is 14.7. The molecule has 1 aromatic rings. The molecule has 1 aliphatic rings. The Balaban J connectivity index is 2.07. The minimum atomic E-state index is -0.634. The van der Waals surface area contributed by atoms with E-state index in [1.807, 2.05) is 0 Å². The maximum absolute atomic E-state index is 13.9. The summed E-state index contributed by atoms with van der Waals surface area (Å²) in [6, 6.07) is 3.59. The van der Waals surface area contributed by atoms with Crippen molar-refractivity contribution in [1.82, 2.24) is 5.43 Å². The topological polar surface area (TPSA) is 102 Å². The van der Waals surface area contributed by atoms with E-state index in [9.17, 15) is 19.3 Å². The SMILES string of the molecule is NNC(=O)C1CCN(c2ccc([N+](=O)[O-])cc2F)CC1. The lowest BCUT2D eigenvalue weighted by Crippen LogP contribution is -2.43. The maximum atomic E-state index is 13.9. The smallest absolute Gasteiger partial charge is 0.272 e. The first kappa shape index (κ1) is 14.2. The fourth-order valence-electron chi connectivity index (χ4n) is 2.37. The molecule has 1 saturated heterocycles. The van der Waals surface area contributed by atoms with Gasteiger partial charge in [0.2, 0.25) is 5.91 Å². The first-order valence-corrected chi connectivity index (χ1v) is 6.22. The summed E-state index contributed by atoms with van der Waals surface area (Å²) in [6.07, 6.45) is 1.14. The number of hydrazine groups is 1. The van der Waals surface area contributed by atoms with Crippen LogP contribution in [0.25, 0.3) is 0 Å². The summed E-state index contributed by atoms with van der Waals surface area (Å²) in [5.41, 5.74) is 2.16. The lowest BCUT2D eigenvalue weighted by molar-refractivity contribution is -0.385. The Labute approximate surface area is 114 Å². The number of carbonyl (C=O) groups is 1. The van der Waals surface area contributed by atoms with Gasteiger partial charge in [0.25, 0.3) is 5.69 Å². The standard InChI is InChI=1S/C12H15FN4O3/c13-10-7-9(17(19)20)1-2-11(10)16-5-3-8(4-6-16)12(18)15-14/h1-2,7-8H,3-6,14H2,(H,15,18). The summed E-state index contributed by atoms with van der Waals surface area (Å²) < 4.78 is 13.9. The van der Waals surface area contributed by atoms with Crippen LogP contribution in [-0.4, -0.2) is 23.9 Å². The molecule has 2 rings (SSSR count). The van der Waals surface area contributed by atoms with Gasteiger partial charge in [0, 0.05) is 25.1 Å². The number of hydrogen-bond donors (Lipinski definition) is 2. The van der Waals surface area contributed by atoms with Crippen molar-refractivity contribution in [3.63, 3.8) is 0 Å². The largest absolute Gasteiger partial charge is 0.369 e. The zero-order valence-electron chi connectivity index (χ0n) is 10.7. The molecule has 8 heteroatoms. The Kier molecular flexibility index (Phi) is 4.14. The third-order valence-electron chi connectivity index (χ3n) is 3.49. The Morgan fingerprint density at radius 1 is 1.45 bits per heavy atom. The highest BCUT2D eigenvalue weighted by atomic mass is 19.1. The number of nitrogens with zero attached hydrogens (tertiary/aromatic N) is 2. The van der Waals surface area contributed by atoms with E-state index in [4.69, 9.17) is 5.84 Å². The molecule has 0 saturated carbocycles. The molecule has 0 aliphatic carbocycles. The van der Waals surface area contributed by atoms with E-state index in [1.54, 1.807) is 4.90 Å². The van der Waals surface area contributed by atoms with Crippen LogP contribution >= 0.6 is 0 Å². The van der Waals surface area contributed by atoms with Gasteiger partial charge in [-0.25, -0.2) is 10.2 Å². The number of nitrogens with two attached hydrogens (primary N) is 1. The second kappa shape index (κ2) is 5.83. The molecule has 1 heterocycles. The predicted molar refractivity (Wildman–Crippen MR) is 70.3 cm³/mol. The van der Waals surface area contributed by atoms with Gasteiger partial charge in [0.15, 0.2) is 5.82 Å². The van der Waals surface area contributed by atoms with Crippen LogP contribution in [0.3, 0.4) is 0 Å². The van der Waals surface area contributed by atoms with E-state index in [0.29, 0.717) is 31.6 Å². The number of halogens is 1. The summed E-state index contributed by atoms with van der Waals surface area (Å²) in [6.45, 7) is 1.01. The summed E-state index contributed by atoms with van der Waals surface area (Å²) in [7, 11) is 0. The fourth-order valence-corrected chi connectivity index (χ4v) is 2.37. The van der Waals surface area contributed by atoms with Gasteiger partial charge >= 0.3 is 0 Å². The van der Waals surface area contributed by atoms with Crippen molar-refractivity contribution in [2.24, 2.45) is 11.8 Å². The third-order valence-corrected chi connectivity index (χ3v) is 3.49. The number of nitro benzene ring substituents is 1. The number of nitrogens with one attached hydrogen (secondary N) is 1. The number of piperidine rings is 1. The van der Waals surface area contributed by atoms with E-state index < -0.39 is 10.7 Å². The van der Waals surface area contributed by atoms with Gasteiger partial charge < -0.3 is 4.90 Å². The van der Waals surface area contributed by atoms with Gasteiger partial charge in [0.1, 0.15) is 0 Å². The number of hydrogen-bond acceptors (Lipinski definition) is 5. The average molecular weight is 282 g/mol. The van der Waals surface area contributed by atoms with Crippen molar-refractivity contribution < 1.29 is 14.1 Å². The monoisotopic (exact) mass is 282 g/mol. The highest BCUT2D eigenvalue weighted by Crippen LogP contribution is 2.28. The number of non-ortho nitro benzene ring substituents is 1. The van der Waals surface area contributed by atoms with Crippen LogP contribution in [0.2, 0.25) is 0 Å². The van der Waals surface area contributed by atoms with Crippen LogP contribution in [0.1, 0.15) is 12.8 Å². The van der Waals surface area contributed by atoms with E-state index in [2.05, 4.69) is 5.43 Å². The molecule has 1 fully saturated rings. The van der Waals surface area contributed by atoms with E-state index >= 15 is 0 Å². The van der Waals surface area contributed by atoms with Crippen molar-refractivity contribution in [3.05, 3.63) is 34.1 Å². The predicted octanol–water partition coefficient (Wildman–Crippen LogP) is 0.940. The average Bonchev–Trinajstić information content (AvgIpc) is 2.46.